The van der Waals surface area contributed by atoms with Gasteiger partial charge in [-0.3, -0.25) is 0 Å². The predicted octanol–water partition coefficient (Wildman–Crippen LogP) is 5.54. The van der Waals surface area contributed by atoms with E-state index in [1.165, 1.54) is 0 Å². The van der Waals surface area contributed by atoms with Crippen LogP contribution < -0.4 is 0 Å². The number of benzene rings is 1. The average Bonchev–Trinajstić information content (AvgIpc) is 2.97. The Morgan fingerprint density at radius 2 is 2.04 bits per heavy atom. The summed E-state index contributed by atoms with van der Waals surface area (Å²) >= 11 is 6.17. The Bertz CT molecular complexity index is 969. The summed E-state index contributed by atoms with van der Waals surface area (Å²) in [5.41, 5.74) is 3.20. The first-order valence-corrected chi connectivity index (χ1v) is 12.7. The van der Waals surface area contributed by atoms with Crippen LogP contribution in [0.1, 0.15) is 5.56 Å². The zero-order chi connectivity index (χ0) is 18.7. The van der Waals surface area contributed by atoms with E-state index in [-0.39, 0.29) is 0 Å². The lowest BCUT2D eigenvalue weighted by atomic mass is 10.0. The molecule has 6 heteroatoms. The largest absolute Gasteiger partial charge is 0.361 e. The van der Waals surface area contributed by atoms with Gasteiger partial charge in [0, 0.05) is 48.6 Å². The van der Waals surface area contributed by atoms with E-state index >= 15 is 0 Å². The van der Waals surface area contributed by atoms with Crippen molar-refractivity contribution >= 4 is 30.7 Å². The number of nitrogens with zero attached hydrogens (tertiary/aromatic N) is 3. The van der Waals surface area contributed by atoms with Crippen LogP contribution in [0.15, 0.2) is 42.7 Å². The van der Waals surface area contributed by atoms with E-state index in [2.05, 4.69) is 30.7 Å². The van der Waals surface area contributed by atoms with Gasteiger partial charge < -0.3 is 9.30 Å². The van der Waals surface area contributed by atoms with Crippen molar-refractivity contribution < 1.29 is 4.74 Å². The highest BCUT2D eigenvalue weighted by Gasteiger charge is 2.16. The van der Waals surface area contributed by atoms with Crippen LogP contribution in [0.3, 0.4) is 0 Å². The number of halogens is 1. The van der Waals surface area contributed by atoms with Crippen LogP contribution in [0.25, 0.3) is 22.2 Å². The summed E-state index contributed by atoms with van der Waals surface area (Å²) in [6, 6.07) is 12.6. The van der Waals surface area contributed by atoms with Crippen molar-refractivity contribution in [3.63, 3.8) is 0 Å². The molecule has 0 aliphatic carbocycles. The molecule has 0 fully saturated rings. The molecule has 0 spiro atoms. The van der Waals surface area contributed by atoms with Gasteiger partial charge in [-0.25, -0.2) is 4.98 Å². The van der Waals surface area contributed by atoms with E-state index in [0.29, 0.717) is 17.3 Å². The van der Waals surface area contributed by atoms with E-state index in [1.54, 1.807) is 18.3 Å². The van der Waals surface area contributed by atoms with Gasteiger partial charge in [0.15, 0.2) is 0 Å². The number of hydrogen-bond acceptors (Lipinski definition) is 3. The third-order valence-corrected chi connectivity index (χ3v) is 6.19. The summed E-state index contributed by atoms with van der Waals surface area (Å²) in [6.07, 6.45) is 3.77. The summed E-state index contributed by atoms with van der Waals surface area (Å²) < 4.78 is 7.90. The summed E-state index contributed by atoms with van der Waals surface area (Å²) in [4.78, 5) is 4.51. The molecule has 0 saturated heterocycles. The fourth-order valence-corrected chi connectivity index (χ4v) is 3.74. The normalized spacial score (nSPS) is 11.7. The molecule has 0 amide bonds. The first-order chi connectivity index (χ1) is 12.4. The van der Waals surface area contributed by atoms with Gasteiger partial charge in [-0.2, -0.15) is 5.26 Å². The van der Waals surface area contributed by atoms with E-state index in [4.69, 9.17) is 16.3 Å². The molecule has 0 saturated carbocycles. The van der Waals surface area contributed by atoms with Crippen LogP contribution >= 0.6 is 11.6 Å². The summed E-state index contributed by atoms with van der Waals surface area (Å²) in [6.45, 7) is 8.20. The highest BCUT2D eigenvalue weighted by Crippen LogP contribution is 2.33. The molecule has 0 unspecified atom stereocenters. The third-order valence-electron chi connectivity index (χ3n) is 4.25. The number of fused-ring (bicyclic) bond motifs is 1. The Morgan fingerprint density at radius 1 is 1.23 bits per heavy atom. The van der Waals surface area contributed by atoms with Crippen molar-refractivity contribution in [1.82, 2.24) is 9.55 Å². The molecule has 4 nitrogen and oxygen atoms in total. The van der Waals surface area contributed by atoms with Crippen LogP contribution in [-0.4, -0.2) is 24.2 Å². The van der Waals surface area contributed by atoms with Crippen LogP contribution in [0.5, 0.6) is 0 Å². The molecule has 2 aromatic heterocycles. The lowest BCUT2D eigenvalue weighted by Crippen LogP contribution is -2.22. The third kappa shape index (κ3) is 4.16. The minimum atomic E-state index is -1.12. The minimum Gasteiger partial charge on any atom is -0.361 e. The Hall–Kier alpha value is -2.13. The average molecular weight is 384 g/mol. The van der Waals surface area contributed by atoms with Gasteiger partial charge in [0.25, 0.3) is 0 Å². The molecule has 0 atom stereocenters. The van der Waals surface area contributed by atoms with Crippen molar-refractivity contribution in [1.29, 1.82) is 5.26 Å². The number of hydrogen-bond donors (Lipinski definition) is 0. The van der Waals surface area contributed by atoms with Gasteiger partial charge >= 0.3 is 0 Å². The molecule has 3 aromatic rings. The minimum absolute atomic E-state index is 0.445. The fraction of sp³-hybridized carbons (Fsp3) is 0.300. The number of ether oxygens (including phenoxy) is 1. The molecule has 3 rings (SSSR count). The van der Waals surface area contributed by atoms with Gasteiger partial charge in [-0.05, 0) is 36.4 Å². The van der Waals surface area contributed by atoms with Gasteiger partial charge in [0.1, 0.15) is 12.4 Å². The summed E-state index contributed by atoms with van der Waals surface area (Å²) in [7, 11) is -1.12. The number of nitriles is 1. The molecule has 0 aliphatic rings. The van der Waals surface area contributed by atoms with Crippen molar-refractivity contribution in [2.24, 2.45) is 0 Å². The second kappa shape index (κ2) is 7.63. The van der Waals surface area contributed by atoms with Crippen LogP contribution in [0, 0.1) is 11.3 Å². The Morgan fingerprint density at radius 3 is 2.77 bits per heavy atom. The second-order valence-electron chi connectivity index (χ2n) is 7.54. The van der Waals surface area contributed by atoms with Crippen LogP contribution in [0.4, 0.5) is 0 Å². The molecule has 134 valence electrons. The Balaban J connectivity index is 1.96. The summed E-state index contributed by atoms with van der Waals surface area (Å²) in [5.74, 6) is 0. The maximum Gasteiger partial charge on any atom is 0.142 e. The van der Waals surface area contributed by atoms with Crippen LogP contribution in [-0.2, 0) is 11.5 Å². The van der Waals surface area contributed by atoms with Gasteiger partial charge in [-0.15, -0.1) is 0 Å². The molecule has 0 radical (unpaired) electrons. The van der Waals surface area contributed by atoms with E-state index in [9.17, 15) is 5.26 Å². The zero-order valence-electron chi connectivity index (χ0n) is 15.3. The van der Waals surface area contributed by atoms with Crippen molar-refractivity contribution in [2.45, 2.75) is 32.4 Å². The molecule has 2 heterocycles. The Kier molecular flexibility index (Phi) is 5.47. The summed E-state index contributed by atoms with van der Waals surface area (Å²) in [5, 5.41) is 11.1. The lowest BCUT2D eigenvalue weighted by Gasteiger charge is -2.15. The molecule has 1 aromatic carbocycles. The van der Waals surface area contributed by atoms with Gasteiger partial charge in [0.05, 0.1) is 11.6 Å². The smallest absolute Gasteiger partial charge is 0.142 e. The van der Waals surface area contributed by atoms with Crippen LogP contribution in [0.2, 0.25) is 30.7 Å². The predicted molar refractivity (Wildman–Crippen MR) is 109 cm³/mol. The monoisotopic (exact) mass is 383 g/mol. The van der Waals surface area contributed by atoms with Crippen molar-refractivity contribution in [3.8, 4) is 17.2 Å². The zero-order valence-corrected chi connectivity index (χ0v) is 17.0. The number of pyridine rings is 1. The maximum absolute atomic E-state index is 9.46. The Labute approximate surface area is 160 Å². The van der Waals surface area contributed by atoms with Gasteiger partial charge in [0.2, 0.25) is 0 Å². The maximum atomic E-state index is 9.46. The highest BCUT2D eigenvalue weighted by atomic mass is 35.5. The standard InChI is InChI=1S/C20H22ClN3OSi/c1-26(2,3)10-9-25-14-24-13-19(17-5-4-8-23-20(17)24)18-11-16(21)7-6-15(18)12-22/h4-8,11,13H,9-10,14H2,1-3H3. The lowest BCUT2D eigenvalue weighted by molar-refractivity contribution is 0.0899. The molecular weight excluding hydrogens is 362 g/mol. The number of aromatic nitrogens is 2. The van der Waals surface area contributed by atoms with E-state index < -0.39 is 8.07 Å². The van der Waals surface area contributed by atoms with Crippen molar-refractivity contribution in [3.05, 3.63) is 53.3 Å². The highest BCUT2D eigenvalue weighted by molar-refractivity contribution is 6.76. The second-order valence-corrected chi connectivity index (χ2v) is 13.6. The topological polar surface area (TPSA) is 50.8 Å². The molecule has 0 bridgehead atoms. The van der Waals surface area contributed by atoms with E-state index in [0.717, 1.165) is 34.8 Å². The van der Waals surface area contributed by atoms with E-state index in [1.807, 2.05) is 29.0 Å². The number of rotatable bonds is 6. The fourth-order valence-electron chi connectivity index (χ4n) is 2.81. The molecule has 0 aliphatic heterocycles. The SMILES string of the molecule is C[Si](C)(C)CCOCn1cc(-c2cc(Cl)ccc2C#N)c2cccnc21. The van der Waals surface area contributed by atoms with Crippen molar-refractivity contribution in [2.75, 3.05) is 6.61 Å². The molecule has 26 heavy (non-hydrogen) atoms. The first kappa shape index (κ1) is 18.7. The van der Waals surface area contributed by atoms with Gasteiger partial charge in [-0.1, -0.05) is 31.2 Å². The first-order valence-electron chi connectivity index (χ1n) is 8.61. The quantitative estimate of drug-likeness (QED) is 0.414. The molecule has 0 N–H and O–H groups in total. The molecular formula is C20H22ClN3OSi.